The Morgan fingerprint density at radius 2 is 1.90 bits per heavy atom. The first-order valence-corrected chi connectivity index (χ1v) is 7.21. The minimum absolute atomic E-state index is 0.0169. The summed E-state index contributed by atoms with van der Waals surface area (Å²) >= 11 is 0. The molecule has 0 amide bonds. The number of methoxy groups -OCH3 is 2. The van der Waals surface area contributed by atoms with Gasteiger partial charge in [-0.3, -0.25) is 9.59 Å². The topological polar surface area (TPSA) is 52.6 Å². The molecule has 0 heterocycles. The zero-order valence-electron chi connectivity index (χ0n) is 12.8. The second kappa shape index (κ2) is 5.88. The van der Waals surface area contributed by atoms with E-state index >= 15 is 0 Å². The fraction of sp³-hybridized carbons (Fsp3) is 0.529. The lowest BCUT2D eigenvalue weighted by Gasteiger charge is -2.31. The van der Waals surface area contributed by atoms with Gasteiger partial charge in [0.1, 0.15) is 0 Å². The highest BCUT2D eigenvalue weighted by atomic mass is 16.5. The van der Waals surface area contributed by atoms with Crippen molar-refractivity contribution in [3.63, 3.8) is 0 Å². The van der Waals surface area contributed by atoms with Crippen LogP contribution in [0.1, 0.15) is 26.2 Å². The maximum absolute atomic E-state index is 12.5. The van der Waals surface area contributed by atoms with Crippen molar-refractivity contribution in [2.75, 3.05) is 14.2 Å². The van der Waals surface area contributed by atoms with E-state index in [1.165, 1.54) is 14.2 Å². The number of esters is 2. The molecule has 0 unspecified atom stereocenters. The van der Waals surface area contributed by atoms with Crippen LogP contribution in [0, 0.1) is 17.3 Å². The van der Waals surface area contributed by atoms with Gasteiger partial charge in [-0.25, -0.2) is 0 Å². The van der Waals surface area contributed by atoms with Gasteiger partial charge in [-0.05, 0) is 37.7 Å². The smallest absolute Gasteiger partial charge is 0.327 e. The normalized spacial score (nSPS) is 26.3. The van der Waals surface area contributed by atoms with E-state index in [2.05, 4.69) is 18.7 Å². The molecule has 0 bridgehead atoms. The van der Waals surface area contributed by atoms with Crippen molar-refractivity contribution in [3.8, 4) is 0 Å². The van der Waals surface area contributed by atoms with Crippen LogP contribution >= 0.6 is 0 Å². The summed E-state index contributed by atoms with van der Waals surface area (Å²) in [6, 6.07) is 0. The lowest BCUT2D eigenvalue weighted by Crippen LogP contribution is -2.45. The van der Waals surface area contributed by atoms with Crippen LogP contribution in [0.5, 0.6) is 0 Å². The average molecular weight is 290 g/mol. The van der Waals surface area contributed by atoms with Gasteiger partial charge in [-0.2, -0.15) is 0 Å². The van der Waals surface area contributed by atoms with E-state index in [4.69, 9.17) is 9.47 Å². The molecule has 2 rings (SSSR count). The fourth-order valence-electron chi connectivity index (χ4n) is 3.54. The van der Waals surface area contributed by atoms with E-state index < -0.39 is 17.4 Å². The van der Waals surface area contributed by atoms with Crippen molar-refractivity contribution in [2.45, 2.75) is 26.2 Å². The van der Waals surface area contributed by atoms with Gasteiger partial charge in [-0.1, -0.05) is 30.4 Å². The largest absolute Gasteiger partial charge is 0.468 e. The van der Waals surface area contributed by atoms with E-state index in [1.54, 1.807) is 6.08 Å². The van der Waals surface area contributed by atoms with Crippen molar-refractivity contribution in [1.82, 2.24) is 0 Å². The van der Waals surface area contributed by atoms with Crippen LogP contribution in [0.15, 0.2) is 36.0 Å². The summed E-state index contributed by atoms with van der Waals surface area (Å²) in [5.41, 5.74) is 0.456. The van der Waals surface area contributed by atoms with Gasteiger partial charge in [0.05, 0.1) is 14.2 Å². The minimum Gasteiger partial charge on any atom is -0.468 e. The summed E-state index contributed by atoms with van der Waals surface area (Å²) in [6.45, 7) is 5.88. The zero-order valence-corrected chi connectivity index (χ0v) is 12.8. The van der Waals surface area contributed by atoms with Crippen molar-refractivity contribution in [3.05, 3.63) is 36.0 Å². The van der Waals surface area contributed by atoms with E-state index in [1.807, 2.05) is 6.92 Å². The highest BCUT2D eigenvalue weighted by Gasteiger charge is 2.59. The molecule has 0 aromatic carbocycles. The van der Waals surface area contributed by atoms with E-state index in [0.29, 0.717) is 0 Å². The van der Waals surface area contributed by atoms with Crippen LogP contribution in [0.3, 0.4) is 0 Å². The summed E-state index contributed by atoms with van der Waals surface area (Å²) in [5.74, 6) is -1.24. The first-order chi connectivity index (χ1) is 9.98. The Labute approximate surface area is 125 Å². The Kier molecular flexibility index (Phi) is 4.35. The molecule has 0 N–H and O–H groups in total. The number of allylic oxidation sites excluding steroid dienone is 4. The molecule has 0 radical (unpaired) electrons. The molecular weight excluding hydrogens is 268 g/mol. The second-order valence-electron chi connectivity index (χ2n) is 5.72. The Balaban J connectivity index is 2.62. The van der Waals surface area contributed by atoms with Crippen LogP contribution in [0.4, 0.5) is 0 Å². The van der Waals surface area contributed by atoms with Crippen molar-refractivity contribution in [2.24, 2.45) is 17.3 Å². The third-order valence-electron chi connectivity index (χ3n) is 4.53. The molecule has 2 atom stereocenters. The van der Waals surface area contributed by atoms with E-state index in [-0.39, 0.29) is 11.8 Å². The summed E-state index contributed by atoms with van der Waals surface area (Å²) in [5, 5.41) is 0. The van der Waals surface area contributed by atoms with Gasteiger partial charge < -0.3 is 9.47 Å². The quantitative estimate of drug-likeness (QED) is 0.455. The predicted octanol–water partition coefficient (Wildman–Crippen LogP) is 2.81. The molecular formula is C17H22O4. The third kappa shape index (κ3) is 2.33. The van der Waals surface area contributed by atoms with Crippen LogP contribution in [0.25, 0.3) is 0 Å². The van der Waals surface area contributed by atoms with Gasteiger partial charge in [0, 0.05) is 5.92 Å². The number of carbonyl (C=O) groups excluding carboxylic acids is 2. The minimum atomic E-state index is -1.35. The number of rotatable bonds is 3. The molecule has 0 saturated heterocycles. The fourth-order valence-corrected chi connectivity index (χ4v) is 3.54. The Morgan fingerprint density at radius 1 is 1.29 bits per heavy atom. The van der Waals surface area contributed by atoms with E-state index in [9.17, 15) is 9.59 Å². The van der Waals surface area contributed by atoms with Gasteiger partial charge in [0.15, 0.2) is 5.41 Å². The standard InChI is InChI=1S/C17H22O4/c1-11(2)13-10-17(15(18)20-3,16(19)21-4)14-9-7-5-6-8-12(13)14/h6,8,10,12,14H,1,5,7,9H2,2-4H3/t12-,14-/m1/s1. The Hall–Kier alpha value is -1.84. The Morgan fingerprint density at radius 3 is 2.43 bits per heavy atom. The van der Waals surface area contributed by atoms with Gasteiger partial charge >= 0.3 is 11.9 Å². The van der Waals surface area contributed by atoms with Crippen molar-refractivity contribution in [1.29, 1.82) is 0 Å². The Bertz CT molecular complexity index is 511. The monoisotopic (exact) mass is 290 g/mol. The van der Waals surface area contributed by atoms with Crippen LogP contribution in [-0.2, 0) is 19.1 Å². The van der Waals surface area contributed by atoms with E-state index in [0.717, 1.165) is 30.4 Å². The molecule has 2 aliphatic rings. The van der Waals surface area contributed by atoms with Crippen molar-refractivity contribution >= 4 is 11.9 Å². The lowest BCUT2D eigenvalue weighted by atomic mass is 9.72. The number of ether oxygens (including phenoxy) is 2. The van der Waals surface area contributed by atoms with Gasteiger partial charge in [0.25, 0.3) is 0 Å². The first-order valence-electron chi connectivity index (χ1n) is 7.21. The molecule has 114 valence electrons. The van der Waals surface area contributed by atoms with Crippen LogP contribution < -0.4 is 0 Å². The number of hydrogen-bond acceptors (Lipinski definition) is 4. The molecule has 0 spiro atoms. The molecule has 0 saturated carbocycles. The number of hydrogen-bond donors (Lipinski definition) is 0. The predicted molar refractivity (Wildman–Crippen MR) is 79.3 cm³/mol. The first kappa shape index (κ1) is 15.5. The lowest BCUT2D eigenvalue weighted by molar-refractivity contribution is -0.169. The molecule has 4 heteroatoms. The van der Waals surface area contributed by atoms with Crippen molar-refractivity contribution < 1.29 is 19.1 Å². The molecule has 2 aliphatic carbocycles. The second-order valence-corrected chi connectivity index (χ2v) is 5.72. The maximum atomic E-state index is 12.5. The molecule has 0 aromatic rings. The highest BCUT2D eigenvalue weighted by Crippen LogP contribution is 2.52. The summed E-state index contributed by atoms with van der Waals surface area (Å²) in [4.78, 5) is 24.9. The number of carbonyl (C=O) groups is 2. The SMILES string of the molecule is C=C(C)C1=CC(C(=O)OC)(C(=O)OC)[C@@H]2CCCC=C[C@H]12. The maximum Gasteiger partial charge on any atom is 0.327 e. The zero-order chi connectivity index (χ0) is 15.6. The van der Waals surface area contributed by atoms with Crippen LogP contribution in [0.2, 0.25) is 0 Å². The molecule has 0 aromatic heterocycles. The van der Waals surface area contributed by atoms with Gasteiger partial charge in [-0.15, -0.1) is 0 Å². The van der Waals surface area contributed by atoms with Crippen LogP contribution in [-0.4, -0.2) is 26.2 Å². The highest BCUT2D eigenvalue weighted by molar-refractivity contribution is 6.04. The summed E-state index contributed by atoms with van der Waals surface area (Å²) in [7, 11) is 2.61. The summed E-state index contributed by atoms with van der Waals surface area (Å²) in [6.07, 6.45) is 8.59. The third-order valence-corrected chi connectivity index (χ3v) is 4.53. The average Bonchev–Trinajstić information content (AvgIpc) is 2.63. The molecule has 4 nitrogen and oxygen atoms in total. The van der Waals surface area contributed by atoms with Gasteiger partial charge in [0.2, 0.25) is 0 Å². The number of fused-ring (bicyclic) bond motifs is 1. The molecule has 0 fully saturated rings. The summed E-state index contributed by atoms with van der Waals surface area (Å²) < 4.78 is 9.88. The molecule has 21 heavy (non-hydrogen) atoms. The molecule has 0 aliphatic heterocycles.